The number of H-pyrrole nitrogens is 1. The van der Waals surface area contributed by atoms with E-state index >= 15 is 0 Å². The number of carbonyl (C=O) groups excluding carboxylic acids is 1. The highest BCUT2D eigenvalue weighted by Crippen LogP contribution is 2.18. The van der Waals surface area contributed by atoms with E-state index in [4.69, 9.17) is 12.2 Å². The van der Waals surface area contributed by atoms with Gasteiger partial charge in [0.1, 0.15) is 5.82 Å². The summed E-state index contributed by atoms with van der Waals surface area (Å²) in [4.78, 5) is 20.7. The quantitative estimate of drug-likeness (QED) is 0.864. The molecule has 22 heavy (non-hydrogen) atoms. The second kappa shape index (κ2) is 6.50. The number of nitrogens with one attached hydrogen (secondary N) is 1. The zero-order valence-electron chi connectivity index (χ0n) is 14.2. The van der Waals surface area contributed by atoms with Crippen molar-refractivity contribution < 1.29 is 4.79 Å². The molecule has 0 aromatic carbocycles. The second-order valence-corrected chi connectivity index (χ2v) is 7.64. The van der Waals surface area contributed by atoms with Gasteiger partial charge in [-0.3, -0.25) is 14.8 Å². The third-order valence-corrected chi connectivity index (χ3v) is 4.22. The predicted molar refractivity (Wildman–Crippen MR) is 89.1 cm³/mol. The molecule has 1 N–H and O–H groups in total. The van der Waals surface area contributed by atoms with Crippen LogP contribution >= 0.6 is 12.2 Å². The largest absolute Gasteiger partial charge is 0.340 e. The smallest absolute Gasteiger partial charge is 0.225 e. The maximum atomic E-state index is 12.0. The predicted octanol–water partition coefficient (Wildman–Crippen LogP) is 2.00. The zero-order valence-corrected chi connectivity index (χ0v) is 15.0. The van der Waals surface area contributed by atoms with Gasteiger partial charge in [-0.15, -0.1) is 0 Å². The normalized spacial score (nSPS) is 17.3. The Bertz CT molecular complexity index is 575. The molecule has 0 aliphatic carbocycles. The number of rotatable bonds is 3. The molecular formula is C15H27N5OS. The van der Waals surface area contributed by atoms with Gasteiger partial charge in [-0.1, -0.05) is 34.6 Å². The molecule has 2 rings (SSSR count). The Morgan fingerprint density at radius 3 is 2.32 bits per heavy atom. The van der Waals surface area contributed by atoms with Crippen molar-refractivity contribution in [2.24, 2.45) is 5.92 Å². The zero-order chi connectivity index (χ0) is 16.5. The van der Waals surface area contributed by atoms with Crippen molar-refractivity contribution in [2.75, 3.05) is 26.2 Å². The van der Waals surface area contributed by atoms with E-state index in [-0.39, 0.29) is 17.2 Å². The molecule has 1 aliphatic rings. The average molecular weight is 325 g/mol. The van der Waals surface area contributed by atoms with E-state index in [1.54, 1.807) is 0 Å². The van der Waals surface area contributed by atoms with Crippen LogP contribution < -0.4 is 0 Å². The van der Waals surface area contributed by atoms with Gasteiger partial charge in [-0.05, 0) is 12.2 Å². The van der Waals surface area contributed by atoms with E-state index in [1.165, 1.54) is 0 Å². The number of aromatic nitrogens is 3. The number of carbonyl (C=O) groups is 1. The third-order valence-electron chi connectivity index (χ3n) is 3.91. The topological polar surface area (TPSA) is 57.2 Å². The van der Waals surface area contributed by atoms with Gasteiger partial charge in [0, 0.05) is 37.5 Å². The van der Waals surface area contributed by atoms with Crippen LogP contribution in [0, 0.1) is 10.7 Å². The first kappa shape index (κ1) is 17.1. The van der Waals surface area contributed by atoms with Gasteiger partial charge in [0.05, 0.1) is 6.67 Å². The van der Waals surface area contributed by atoms with Crippen LogP contribution in [0.15, 0.2) is 0 Å². The third kappa shape index (κ3) is 3.95. The maximum absolute atomic E-state index is 12.0. The van der Waals surface area contributed by atoms with E-state index in [2.05, 4.69) is 35.8 Å². The van der Waals surface area contributed by atoms with Gasteiger partial charge >= 0.3 is 0 Å². The fraction of sp³-hybridized carbons (Fsp3) is 0.800. The van der Waals surface area contributed by atoms with E-state index < -0.39 is 0 Å². The van der Waals surface area contributed by atoms with Crippen LogP contribution in [-0.2, 0) is 16.9 Å². The Labute approximate surface area is 137 Å². The molecule has 0 unspecified atom stereocenters. The molecule has 1 aliphatic heterocycles. The number of piperazine rings is 1. The Morgan fingerprint density at radius 1 is 1.27 bits per heavy atom. The van der Waals surface area contributed by atoms with Crippen LogP contribution in [0.3, 0.4) is 0 Å². The molecule has 0 bridgehead atoms. The number of hydrogen-bond donors (Lipinski definition) is 1. The summed E-state index contributed by atoms with van der Waals surface area (Å²) in [7, 11) is 0. The summed E-state index contributed by atoms with van der Waals surface area (Å²) in [6.07, 6.45) is 0. The molecule has 1 saturated heterocycles. The monoisotopic (exact) mass is 325 g/mol. The van der Waals surface area contributed by atoms with Crippen molar-refractivity contribution >= 4 is 18.1 Å². The van der Waals surface area contributed by atoms with E-state index in [9.17, 15) is 4.79 Å². The Kier molecular flexibility index (Phi) is 5.07. The highest BCUT2D eigenvalue weighted by atomic mass is 32.1. The number of amides is 1. The SMILES string of the molecule is CC(C)C(=O)N1CCN(Cn2[nH]c(C(C)(C)C)nc2=S)CC1. The molecule has 0 radical (unpaired) electrons. The lowest BCUT2D eigenvalue weighted by Crippen LogP contribution is -2.50. The van der Waals surface area contributed by atoms with Gasteiger partial charge in [0.15, 0.2) is 0 Å². The summed E-state index contributed by atoms with van der Waals surface area (Å²) in [6.45, 7) is 14.2. The highest BCUT2D eigenvalue weighted by molar-refractivity contribution is 7.71. The molecule has 0 atom stereocenters. The lowest BCUT2D eigenvalue weighted by Gasteiger charge is -2.35. The minimum atomic E-state index is -0.0405. The Morgan fingerprint density at radius 2 is 1.86 bits per heavy atom. The first-order valence-corrected chi connectivity index (χ1v) is 8.28. The van der Waals surface area contributed by atoms with Crippen LogP contribution in [0.5, 0.6) is 0 Å². The lowest BCUT2D eigenvalue weighted by atomic mass is 9.96. The minimum absolute atomic E-state index is 0.0405. The summed E-state index contributed by atoms with van der Waals surface area (Å²) in [6, 6.07) is 0. The molecule has 1 aromatic rings. The van der Waals surface area contributed by atoms with Gasteiger partial charge in [-0.25, -0.2) is 9.67 Å². The first-order chi connectivity index (χ1) is 10.2. The van der Waals surface area contributed by atoms with Crippen LogP contribution in [-0.4, -0.2) is 56.7 Å². The molecule has 1 fully saturated rings. The summed E-state index contributed by atoms with van der Waals surface area (Å²) in [5.74, 6) is 1.22. The van der Waals surface area contributed by atoms with Crippen molar-refractivity contribution in [3.05, 3.63) is 10.6 Å². The van der Waals surface area contributed by atoms with Crippen LogP contribution in [0.25, 0.3) is 0 Å². The molecule has 1 aromatic heterocycles. The highest BCUT2D eigenvalue weighted by Gasteiger charge is 2.24. The molecular weight excluding hydrogens is 298 g/mol. The molecule has 124 valence electrons. The molecule has 0 saturated carbocycles. The molecule has 0 spiro atoms. The first-order valence-electron chi connectivity index (χ1n) is 7.87. The van der Waals surface area contributed by atoms with Crippen LogP contribution in [0.2, 0.25) is 0 Å². The van der Waals surface area contributed by atoms with E-state index in [0.29, 0.717) is 11.4 Å². The van der Waals surface area contributed by atoms with Gasteiger partial charge < -0.3 is 4.90 Å². The molecule has 2 heterocycles. The lowest BCUT2D eigenvalue weighted by molar-refractivity contribution is -0.136. The van der Waals surface area contributed by atoms with E-state index in [1.807, 2.05) is 23.4 Å². The van der Waals surface area contributed by atoms with E-state index in [0.717, 1.165) is 32.0 Å². The standard InChI is InChI=1S/C15H27N5OS/c1-11(2)12(21)19-8-6-18(7-9-19)10-20-14(22)16-13(17-20)15(3,4)5/h11H,6-10H2,1-5H3,(H,16,17,22). The molecule has 6 nitrogen and oxygen atoms in total. The summed E-state index contributed by atoms with van der Waals surface area (Å²) < 4.78 is 2.50. The van der Waals surface area contributed by atoms with Crippen molar-refractivity contribution in [1.82, 2.24) is 24.6 Å². The van der Waals surface area contributed by atoms with Gasteiger partial charge in [0.2, 0.25) is 10.7 Å². The number of hydrogen-bond acceptors (Lipinski definition) is 4. The maximum Gasteiger partial charge on any atom is 0.225 e. The molecule has 1 amide bonds. The number of nitrogens with zero attached hydrogens (tertiary/aromatic N) is 4. The van der Waals surface area contributed by atoms with Crippen LogP contribution in [0.4, 0.5) is 0 Å². The van der Waals surface area contributed by atoms with Crippen molar-refractivity contribution in [2.45, 2.75) is 46.7 Å². The fourth-order valence-corrected chi connectivity index (χ4v) is 2.66. The van der Waals surface area contributed by atoms with Crippen LogP contribution in [0.1, 0.15) is 40.4 Å². The van der Waals surface area contributed by atoms with Gasteiger partial charge in [-0.2, -0.15) is 0 Å². The molecule has 7 heteroatoms. The van der Waals surface area contributed by atoms with Crippen molar-refractivity contribution in [1.29, 1.82) is 0 Å². The minimum Gasteiger partial charge on any atom is -0.340 e. The summed E-state index contributed by atoms with van der Waals surface area (Å²) in [5.41, 5.74) is -0.0405. The van der Waals surface area contributed by atoms with Crippen molar-refractivity contribution in [3.8, 4) is 0 Å². The Hall–Kier alpha value is -1.21. The summed E-state index contributed by atoms with van der Waals surface area (Å²) in [5, 5.41) is 3.30. The average Bonchev–Trinajstić information content (AvgIpc) is 2.80. The second-order valence-electron chi connectivity index (χ2n) is 7.27. The van der Waals surface area contributed by atoms with Gasteiger partial charge in [0.25, 0.3) is 0 Å². The van der Waals surface area contributed by atoms with Crippen molar-refractivity contribution in [3.63, 3.8) is 0 Å². The fourth-order valence-electron chi connectivity index (χ4n) is 2.46. The Balaban J connectivity index is 1.96. The summed E-state index contributed by atoms with van der Waals surface area (Å²) >= 11 is 5.34. The number of aromatic amines is 1.